The Kier molecular flexibility index (Phi) is 3.06. The fourth-order valence-corrected chi connectivity index (χ4v) is 1.45. The number of hydrogen-bond donors (Lipinski definition) is 1. The van der Waals surface area contributed by atoms with Crippen molar-refractivity contribution in [3.63, 3.8) is 0 Å². The smallest absolute Gasteiger partial charge is 0.0464 e. The molecule has 0 saturated carbocycles. The first-order valence-corrected chi connectivity index (χ1v) is 4.02. The van der Waals surface area contributed by atoms with Crippen molar-refractivity contribution in [3.8, 4) is 0 Å². The van der Waals surface area contributed by atoms with E-state index in [-0.39, 0.29) is 12.4 Å². The standard InChI is InChI=1S/C9H12N2.ClH/c1-7-2-3-8-6-10-5-4-9(8)11-7;/h2-3,10H,4-6H2,1H3;1H. The van der Waals surface area contributed by atoms with E-state index < -0.39 is 0 Å². The van der Waals surface area contributed by atoms with Crippen LogP contribution in [0, 0.1) is 6.92 Å². The van der Waals surface area contributed by atoms with Gasteiger partial charge in [0.25, 0.3) is 0 Å². The maximum atomic E-state index is 4.47. The number of halogens is 1. The molecule has 1 aromatic rings. The molecule has 0 radical (unpaired) electrons. The van der Waals surface area contributed by atoms with E-state index in [0.717, 1.165) is 25.2 Å². The van der Waals surface area contributed by atoms with Crippen molar-refractivity contribution in [1.82, 2.24) is 10.3 Å². The van der Waals surface area contributed by atoms with Crippen molar-refractivity contribution in [1.29, 1.82) is 0 Å². The summed E-state index contributed by atoms with van der Waals surface area (Å²) >= 11 is 0. The van der Waals surface area contributed by atoms with Gasteiger partial charge in [0.15, 0.2) is 0 Å². The highest BCUT2D eigenvalue weighted by molar-refractivity contribution is 5.85. The van der Waals surface area contributed by atoms with Crippen LogP contribution in [0.1, 0.15) is 17.0 Å². The number of rotatable bonds is 0. The van der Waals surface area contributed by atoms with Crippen LogP contribution in [-0.2, 0) is 13.0 Å². The number of aryl methyl sites for hydroxylation is 1. The van der Waals surface area contributed by atoms with Crippen LogP contribution < -0.4 is 5.32 Å². The summed E-state index contributed by atoms with van der Waals surface area (Å²) in [5, 5.41) is 3.32. The molecule has 1 aliphatic heterocycles. The minimum absolute atomic E-state index is 0. The van der Waals surface area contributed by atoms with E-state index in [0.29, 0.717) is 0 Å². The molecule has 2 nitrogen and oxygen atoms in total. The molecule has 1 aromatic heterocycles. The highest BCUT2D eigenvalue weighted by atomic mass is 35.5. The van der Waals surface area contributed by atoms with Gasteiger partial charge in [0, 0.05) is 30.9 Å². The maximum Gasteiger partial charge on any atom is 0.0464 e. The molecule has 0 amide bonds. The van der Waals surface area contributed by atoms with Crippen LogP contribution in [0.2, 0.25) is 0 Å². The molecular weight excluding hydrogens is 172 g/mol. The summed E-state index contributed by atoms with van der Waals surface area (Å²) in [6.45, 7) is 4.11. The summed E-state index contributed by atoms with van der Waals surface area (Å²) in [4.78, 5) is 4.47. The van der Waals surface area contributed by atoms with Crippen LogP contribution in [-0.4, -0.2) is 11.5 Å². The van der Waals surface area contributed by atoms with Gasteiger partial charge >= 0.3 is 0 Å². The van der Waals surface area contributed by atoms with Crippen molar-refractivity contribution in [2.45, 2.75) is 19.9 Å². The number of fused-ring (bicyclic) bond motifs is 1. The Hall–Kier alpha value is -0.600. The van der Waals surface area contributed by atoms with E-state index in [1.54, 1.807) is 0 Å². The maximum absolute atomic E-state index is 4.47. The molecule has 1 N–H and O–H groups in total. The molecule has 0 saturated heterocycles. The summed E-state index contributed by atoms with van der Waals surface area (Å²) in [5.41, 5.74) is 3.77. The third-order valence-corrected chi connectivity index (χ3v) is 2.06. The largest absolute Gasteiger partial charge is 0.312 e. The lowest BCUT2D eigenvalue weighted by Gasteiger charge is -2.15. The van der Waals surface area contributed by atoms with Gasteiger partial charge in [-0.05, 0) is 18.6 Å². The van der Waals surface area contributed by atoms with Crippen LogP contribution in [0.4, 0.5) is 0 Å². The van der Waals surface area contributed by atoms with Gasteiger partial charge in [-0.25, -0.2) is 0 Å². The van der Waals surface area contributed by atoms with E-state index in [4.69, 9.17) is 0 Å². The fourth-order valence-electron chi connectivity index (χ4n) is 1.45. The zero-order valence-electron chi connectivity index (χ0n) is 7.13. The van der Waals surface area contributed by atoms with Gasteiger partial charge in [0.05, 0.1) is 0 Å². The average Bonchev–Trinajstić information content (AvgIpc) is 2.04. The van der Waals surface area contributed by atoms with Crippen molar-refractivity contribution in [2.24, 2.45) is 0 Å². The quantitative estimate of drug-likeness (QED) is 0.661. The minimum atomic E-state index is 0. The van der Waals surface area contributed by atoms with E-state index in [1.807, 2.05) is 6.92 Å². The van der Waals surface area contributed by atoms with Crippen molar-refractivity contribution in [2.75, 3.05) is 6.54 Å². The molecule has 0 aliphatic carbocycles. The molecule has 1 aliphatic rings. The predicted molar refractivity (Wildman–Crippen MR) is 51.6 cm³/mol. The Bertz CT molecular complexity index is 273. The van der Waals surface area contributed by atoms with Gasteiger partial charge < -0.3 is 5.32 Å². The van der Waals surface area contributed by atoms with Crippen molar-refractivity contribution >= 4 is 12.4 Å². The van der Waals surface area contributed by atoms with E-state index in [9.17, 15) is 0 Å². The molecular formula is C9H13ClN2. The summed E-state index contributed by atoms with van der Waals surface area (Å²) < 4.78 is 0. The highest BCUT2D eigenvalue weighted by Crippen LogP contribution is 2.10. The second-order valence-electron chi connectivity index (χ2n) is 2.99. The SMILES string of the molecule is Cc1ccc2c(n1)CCNC2.Cl. The normalized spacial score (nSPS) is 14.8. The average molecular weight is 185 g/mol. The molecule has 0 atom stereocenters. The second-order valence-corrected chi connectivity index (χ2v) is 2.99. The molecule has 2 heterocycles. The number of aromatic nitrogens is 1. The predicted octanol–water partition coefficient (Wildman–Crippen LogP) is 1.46. The summed E-state index contributed by atoms with van der Waals surface area (Å²) in [6.07, 6.45) is 1.08. The lowest BCUT2D eigenvalue weighted by Crippen LogP contribution is -2.24. The Morgan fingerprint density at radius 3 is 3.08 bits per heavy atom. The summed E-state index contributed by atoms with van der Waals surface area (Å²) in [5.74, 6) is 0. The number of pyridine rings is 1. The molecule has 0 unspecified atom stereocenters. The molecule has 12 heavy (non-hydrogen) atoms. The lowest BCUT2D eigenvalue weighted by molar-refractivity contribution is 0.628. The lowest BCUT2D eigenvalue weighted by atomic mass is 10.1. The molecule has 66 valence electrons. The molecule has 0 bridgehead atoms. The Balaban J connectivity index is 0.000000720. The molecule has 0 fully saturated rings. The van der Waals surface area contributed by atoms with Gasteiger partial charge in [-0.1, -0.05) is 6.07 Å². The third kappa shape index (κ3) is 1.76. The van der Waals surface area contributed by atoms with Crippen molar-refractivity contribution < 1.29 is 0 Å². The Morgan fingerprint density at radius 2 is 2.25 bits per heavy atom. The van der Waals surface area contributed by atoms with Gasteiger partial charge in [-0.2, -0.15) is 0 Å². The molecule has 2 rings (SSSR count). The number of nitrogens with one attached hydrogen (secondary N) is 1. The van der Waals surface area contributed by atoms with E-state index in [2.05, 4.69) is 22.4 Å². The Labute approximate surface area is 78.8 Å². The van der Waals surface area contributed by atoms with Crippen LogP contribution in [0.5, 0.6) is 0 Å². The number of nitrogens with zero attached hydrogens (tertiary/aromatic N) is 1. The summed E-state index contributed by atoms with van der Waals surface area (Å²) in [6, 6.07) is 4.25. The Morgan fingerprint density at radius 1 is 1.42 bits per heavy atom. The van der Waals surface area contributed by atoms with Gasteiger partial charge in [-0.15, -0.1) is 12.4 Å². The van der Waals surface area contributed by atoms with Crippen LogP contribution >= 0.6 is 12.4 Å². The van der Waals surface area contributed by atoms with Crippen LogP contribution in [0.3, 0.4) is 0 Å². The zero-order chi connectivity index (χ0) is 7.68. The van der Waals surface area contributed by atoms with Crippen LogP contribution in [0.25, 0.3) is 0 Å². The third-order valence-electron chi connectivity index (χ3n) is 2.06. The first-order valence-electron chi connectivity index (χ1n) is 4.02. The fraction of sp³-hybridized carbons (Fsp3) is 0.444. The van der Waals surface area contributed by atoms with E-state index >= 15 is 0 Å². The molecule has 3 heteroatoms. The minimum Gasteiger partial charge on any atom is -0.312 e. The first kappa shape index (κ1) is 9.49. The highest BCUT2D eigenvalue weighted by Gasteiger charge is 2.08. The van der Waals surface area contributed by atoms with Gasteiger partial charge in [-0.3, -0.25) is 4.98 Å². The molecule has 0 spiro atoms. The summed E-state index contributed by atoms with van der Waals surface area (Å²) in [7, 11) is 0. The topological polar surface area (TPSA) is 24.9 Å². The van der Waals surface area contributed by atoms with Gasteiger partial charge in [0.2, 0.25) is 0 Å². The van der Waals surface area contributed by atoms with Crippen molar-refractivity contribution in [3.05, 3.63) is 29.1 Å². The molecule has 0 aromatic carbocycles. The van der Waals surface area contributed by atoms with Crippen LogP contribution in [0.15, 0.2) is 12.1 Å². The number of hydrogen-bond acceptors (Lipinski definition) is 2. The van der Waals surface area contributed by atoms with E-state index in [1.165, 1.54) is 11.3 Å². The zero-order valence-corrected chi connectivity index (χ0v) is 7.95. The second kappa shape index (κ2) is 3.87. The monoisotopic (exact) mass is 184 g/mol. The first-order chi connectivity index (χ1) is 5.36. The van der Waals surface area contributed by atoms with Gasteiger partial charge in [0.1, 0.15) is 0 Å².